The fourth-order valence-corrected chi connectivity index (χ4v) is 2.68. The Bertz CT molecular complexity index is 640. The van der Waals surface area contributed by atoms with Crippen LogP contribution in [0.1, 0.15) is 10.4 Å². The van der Waals surface area contributed by atoms with Crippen LogP contribution in [-0.4, -0.2) is 22.2 Å². The van der Waals surface area contributed by atoms with Crippen LogP contribution in [-0.2, 0) is 0 Å². The Morgan fingerprint density at radius 1 is 1.16 bits per heavy atom. The van der Waals surface area contributed by atoms with Crippen molar-refractivity contribution in [2.24, 2.45) is 5.10 Å². The molecule has 0 saturated heterocycles. The minimum Gasteiger partial charge on any atom is -0.287 e. The molecule has 1 aromatic heterocycles. The van der Waals surface area contributed by atoms with Gasteiger partial charge >= 0.3 is 0 Å². The van der Waals surface area contributed by atoms with E-state index in [4.69, 9.17) is 0 Å². The number of ketones is 1. The summed E-state index contributed by atoms with van der Waals surface area (Å²) in [4.78, 5) is 16.4. The predicted molar refractivity (Wildman–Crippen MR) is 76.8 cm³/mol. The number of benzene rings is 1. The number of carbonyl (C=O) groups is 1. The number of nitrogens with one attached hydrogen (secondary N) is 1. The number of fused-ring (bicyclic) bond motifs is 1. The number of hydrazone groups is 1. The van der Waals surface area contributed by atoms with Gasteiger partial charge in [0.1, 0.15) is 10.7 Å². The van der Waals surface area contributed by atoms with E-state index in [1.165, 1.54) is 11.8 Å². The minimum absolute atomic E-state index is 0.0507. The minimum atomic E-state index is -0.0507. The van der Waals surface area contributed by atoms with Crippen molar-refractivity contribution in [3.63, 3.8) is 0 Å². The summed E-state index contributed by atoms with van der Waals surface area (Å²) >= 11 is 1.53. The summed E-state index contributed by atoms with van der Waals surface area (Å²) in [5.41, 5.74) is 4.93. The average molecular weight is 269 g/mol. The molecule has 1 aliphatic heterocycles. The summed E-state index contributed by atoms with van der Waals surface area (Å²) in [5.74, 6) is 0.494. The zero-order chi connectivity index (χ0) is 13.1. The maximum atomic E-state index is 12.2. The summed E-state index contributed by atoms with van der Waals surface area (Å²) in [5, 5.41) is 4.99. The van der Waals surface area contributed by atoms with Gasteiger partial charge in [-0.15, -0.1) is 0 Å². The van der Waals surface area contributed by atoms with Crippen LogP contribution in [0.15, 0.2) is 58.8 Å². The van der Waals surface area contributed by atoms with Crippen LogP contribution >= 0.6 is 11.8 Å². The molecule has 2 aromatic rings. The van der Waals surface area contributed by atoms with Gasteiger partial charge in [0.05, 0.1) is 11.3 Å². The highest BCUT2D eigenvalue weighted by Gasteiger charge is 2.24. The van der Waals surface area contributed by atoms with Crippen molar-refractivity contribution in [1.29, 1.82) is 0 Å². The van der Waals surface area contributed by atoms with E-state index in [9.17, 15) is 4.79 Å². The van der Waals surface area contributed by atoms with E-state index in [2.05, 4.69) is 15.5 Å². The van der Waals surface area contributed by atoms with Gasteiger partial charge in [-0.1, -0.05) is 30.0 Å². The maximum Gasteiger partial charge on any atom is 0.212 e. The molecule has 3 rings (SSSR count). The molecule has 0 amide bonds. The van der Waals surface area contributed by atoms with Gasteiger partial charge in [-0.05, 0) is 24.3 Å². The molecule has 0 bridgehead atoms. The highest BCUT2D eigenvalue weighted by molar-refractivity contribution is 8.00. The number of para-hydroxylation sites is 1. The third-order valence-electron chi connectivity index (χ3n) is 2.72. The number of carbonyl (C=O) groups excluding carboxylic acids is 1. The van der Waals surface area contributed by atoms with E-state index >= 15 is 0 Å². The van der Waals surface area contributed by atoms with Gasteiger partial charge in [0.2, 0.25) is 5.78 Å². The first kappa shape index (κ1) is 11.9. The molecule has 0 atom stereocenters. The SMILES string of the molecule is O=C1/C(=N/Nc2ccccc2)CSc2ncccc21. The fourth-order valence-electron chi connectivity index (χ4n) is 1.76. The topological polar surface area (TPSA) is 54.4 Å². The van der Waals surface area contributed by atoms with Crippen molar-refractivity contribution in [2.45, 2.75) is 5.03 Å². The first-order valence-electron chi connectivity index (χ1n) is 5.85. The Balaban J connectivity index is 1.82. The number of thioether (sulfide) groups is 1. The number of nitrogens with zero attached hydrogens (tertiary/aromatic N) is 2. The van der Waals surface area contributed by atoms with Crippen molar-refractivity contribution in [3.8, 4) is 0 Å². The number of hydrogen-bond acceptors (Lipinski definition) is 5. The van der Waals surface area contributed by atoms with Gasteiger partial charge in [-0.3, -0.25) is 10.2 Å². The molecular weight excluding hydrogens is 258 g/mol. The van der Waals surface area contributed by atoms with E-state index in [1.807, 2.05) is 30.3 Å². The molecule has 19 heavy (non-hydrogen) atoms. The first-order chi connectivity index (χ1) is 9.34. The Morgan fingerprint density at radius 3 is 2.84 bits per heavy atom. The van der Waals surface area contributed by atoms with Gasteiger partial charge < -0.3 is 0 Å². The number of pyridine rings is 1. The first-order valence-corrected chi connectivity index (χ1v) is 6.83. The lowest BCUT2D eigenvalue weighted by Crippen LogP contribution is -2.23. The number of rotatable bonds is 2. The van der Waals surface area contributed by atoms with Crippen LogP contribution in [0.25, 0.3) is 0 Å². The second-order valence-corrected chi connectivity index (χ2v) is 4.97. The summed E-state index contributed by atoms with van der Waals surface area (Å²) in [7, 11) is 0. The van der Waals surface area contributed by atoms with Crippen LogP contribution in [0.2, 0.25) is 0 Å². The standard InChI is InChI=1S/C14H11N3OS/c18-13-11-7-4-8-15-14(11)19-9-12(13)17-16-10-5-2-1-3-6-10/h1-8,16H,9H2/b17-12+. The van der Waals surface area contributed by atoms with Gasteiger partial charge in [0.25, 0.3) is 0 Å². The molecule has 94 valence electrons. The number of aromatic nitrogens is 1. The second-order valence-electron chi connectivity index (χ2n) is 4.01. The maximum absolute atomic E-state index is 12.2. The van der Waals surface area contributed by atoms with Gasteiger partial charge in [-0.2, -0.15) is 5.10 Å². The molecule has 0 radical (unpaired) electrons. The van der Waals surface area contributed by atoms with E-state index in [0.717, 1.165) is 10.7 Å². The fraction of sp³-hybridized carbons (Fsp3) is 0.0714. The lowest BCUT2D eigenvalue weighted by atomic mass is 10.1. The molecule has 0 spiro atoms. The lowest BCUT2D eigenvalue weighted by Gasteiger charge is -2.14. The molecule has 0 unspecified atom stereocenters. The Kier molecular flexibility index (Phi) is 3.29. The molecule has 0 saturated carbocycles. The third-order valence-corrected chi connectivity index (χ3v) is 3.73. The Morgan fingerprint density at radius 2 is 2.00 bits per heavy atom. The highest BCUT2D eigenvalue weighted by atomic mass is 32.2. The molecule has 5 heteroatoms. The van der Waals surface area contributed by atoms with E-state index in [-0.39, 0.29) is 5.78 Å². The van der Waals surface area contributed by atoms with E-state index < -0.39 is 0 Å². The summed E-state index contributed by atoms with van der Waals surface area (Å²) < 4.78 is 0. The zero-order valence-electron chi connectivity index (χ0n) is 10.0. The largest absolute Gasteiger partial charge is 0.287 e. The monoisotopic (exact) mass is 269 g/mol. The van der Waals surface area contributed by atoms with Gasteiger partial charge in [0.15, 0.2) is 0 Å². The van der Waals surface area contributed by atoms with Crippen LogP contribution in [0, 0.1) is 0 Å². The van der Waals surface area contributed by atoms with Gasteiger partial charge in [-0.25, -0.2) is 4.98 Å². The van der Waals surface area contributed by atoms with Crippen molar-refractivity contribution in [1.82, 2.24) is 4.98 Å². The van der Waals surface area contributed by atoms with Crippen molar-refractivity contribution >= 4 is 28.9 Å². The van der Waals surface area contributed by atoms with Crippen molar-refractivity contribution in [2.75, 3.05) is 11.2 Å². The Hall–Kier alpha value is -2.14. The third kappa shape index (κ3) is 2.51. The highest BCUT2D eigenvalue weighted by Crippen LogP contribution is 2.26. The van der Waals surface area contributed by atoms with Crippen molar-refractivity contribution in [3.05, 3.63) is 54.2 Å². The average Bonchev–Trinajstić information content (AvgIpc) is 2.48. The molecule has 0 fully saturated rings. The predicted octanol–water partition coefficient (Wildman–Crippen LogP) is 2.84. The molecule has 1 aromatic carbocycles. The number of hydrogen-bond donors (Lipinski definition) is 1. The number of Topliss-reactive ketones (excluding diaryl/α,β-unsaturated/α-hetero) is 1. The van der Waals surface area contributed by atoms with Crippen LogP contribution in [0.3, 0.4) is 0 Å². The normalized spacial score (nSPS) is 16.2. The molecule has 1 N–H and O–H groups in total. The lowest BCUT2D eigenvalue weighted by molar-refractivity contribution is 0.106. The Labute approximate surface area is 114 Å². The summed E-state index contributed by atoms with van der Waals surface area (Å²) in [6, 6.07) is 13.1. The van der Waals surface area contributed by atoms with Crippen LogP contribution < -0.4 is 5.43 Å². The zero-order valence-corrected chi connectivity index (χ0v) is 10.9. The van der Waals surface area contributed by atoms with Crippen LogP contribution in [0.4, 0.5) is 5.69 Å². The van der Waals surface area contributed by atoms with E-state index in [1.54, 1.807) is 18.3 Å². The summed E-state index contributed by atoms with van der Waals surface area (Å²) in [6.07, 6.45) is 1.70. The van der Waals surface area contributed by atoms with E-state index in [0.29, 0.717) is 17.0 Å². The van der Waals surface area contributed by atoms with Crippen LogP contribution in [0.5, 0.6) is 0 Å². The molecule has 4 nitrogen and oxygen atoms in total. The van der Waals surface area contributed by atoms with Gasteiger partial charge in [0, 0.05) is 11.9 Å². The molecule has 1 aliphatic rings. The molecular formula is C14H11N3OS. The summed E-state index contributed by atoms with van der Waals surface area (Å²) in [6.45, 7) is 0. The molecule has 2 heterocycles. The smallest absolute Gasteiger partial charge is 0.212 e. The molecule has 0 aliphatic carbocycles. The number of anilines is 1. The quantitative estimate of drug-likeness (QED) is 0.852. The second kappa shape index (κ2) is 5.24. The van der Waals surface area contributed by atoms with Crippen molar-refractivity contribution < 1.29 is 4.79 Å².